The van der Waals surface area contributed by atoms with E-state index >= 15 is 0 Å². The molecule has 1 aliphatic rings. The predicted molar refractivity (Wildman–Crippen MR) is 105 cm³/mol. The number of amides is 1. The fraction of sp³-hybridized carbons (Fsp3) is 0.286. The molecule has 2 aromatic carbocycles. The van der Waals surface area contributed by atoms with Gasteiger partial charge in [0.05, 0.1) is 16.9 Å². The standard InChI is InChI=1S/C21H23ClN2O/c1-3-12-23(13-4-2)15-19-18-10-5-6-11-20(18)24(21(19)25)17-9-7-8-16(22)14-17/h5-11,14-15H,3-4,12-13H2,1-2H3/b19-15-. The van der Waals surface area contributed by atoms with Crippen LogP contribution < -0.4 is 4.90 Å². The highest BCUT2D eigenvalue weighted by Crippen LogP contribution is 2.41. The summed E-state index contributed by atoms with van der Waals surface area (Å²) in [4.78, 5) is 17.2. The van der Waals surface area contributed by atoms with Crippen molar-refractivity contribution < 1.29 is 4.79 Å². The molecule has 1 aliphatic heterocycles. The number of benzene rings is 2. The van der Waals surface area contributed by atoms with Gasteiger partial charge in [-0.05, 0) is 37.1 Å². The molecule has 3 nitrogen and oxygen atoms in total. The van der Waals surface area contributed by atoms with Crippen LogP contribution in [0.15, 0.2) is 54.7 Å². The Labute approximate surface area is 154 Å². The summed E-state index contributed by atoms with van der Waals surface area (Å²) in [5.41, 5.74) is 3.43. The second-order valence-electron chi connectivity index (χ2n) is 6.22. The maximum absolute atomic E-state index is 13.2. The van der Waals surface area contributed by atoms with E-state index in [-0.39, 0.29) is 5.91 Å². The van der Waals surface area contributed by atoms with Crippen molar-refractivity contribution in [3.63, 3.8) is 0 Å². The smallest absolute Gasteiger partial charge is 0.265 e. The summed E-state index contributed by atoms with van der Waals surface area (Å²) in [5, 5.41) is 0.624. The van der Waals surface area contributed by atoms with Crippen LogP contribution in [0, 0.1) is 0 Å². The summed E-state index contributed by atoms with van der Waals surface area (Å²) in [7, 11) is 0. The van der Waals surface area contributed by atoms with Crippen LogP contribution in [-0.2, 0) is 4.79 Å². The monoisotopic (exact) mass is 354 g/mol. The normalized spacial score (nSPS) is 14.9. The van der Waals surface area contributed by atoms with Crippen LogP contribution >= 0.6 is 11.6 Å². The van der Waals surface area contributed by atoms with Crippen molar-refractivity contribution in [2.24, 2.45) is 0 Å². The molecule has 1 amide bonds. The lowest BCUT2D eigenvalue weighted by molar-refractivity contribution is -0.112. The summed E-state index contributed by atoms with van der Waals surface area (Å²) in [6.45, 7) is 6.21. The van der Waals surface area contributed by atoms with Crippen molar-refractivity contribution in [3.05, 3.63) is 65.3 Å². The molecule has 0 radical (unpaired) electrons. The van der Waals surface area contributed by atoms with Gasteiger partial charge in [0.2, 0.25) is 0 Å². The van der Waals surface area contributed by atoms with Crippen LogP contribution in [0.3, 0.4) is 0 Å². The fourth-order valence-electron chi connectivity index (χ4n) is 3.24. The van der Waals surface area contributed by atoms with Gasteiger partial charge in [-0.15, -0.1) is 0 Å². The number of para-hydroxylation sites is 1. The molecule has 0 spiro atoms. The molecule has 0 aliphatic carbocycles. The van der Waals surface area contributed by atoms with Crippen LogP contribution in [0.2, 0.25) is 5.02 Å². The first-order valence-electron chi connectivity index (χ1n) is 8.81. The van der Waals surface area contributed by atoms with E-state index in [9.17, 15) is 4.79 Å². The van der Waals surface area contributed by atoms with Crippen molar-refractivity contribution >= 4 is 34.5 Å². The molecule has 4 heteroatoms. The molecule has 0 N–H and O–H groups in total. The fourth-order valence-corrected chi connectivity index (χ4v) is 3.42. The SMILES string of the molecule is CCCN(/C=C1\C(=O)N(c2cccc(Cl)c2)c2ccccc21)CCC. The van der Waals surface area contributed by atoms with Gasteiger partial charge in [-0.25, -0.2) is 0 Å². The Kier molecular flexibility index (Phi) is 5.44. The third-order valence-corrected chi connectivity index (χ3v) is 4.50. The second-order valence-corrected chi connectivity index (χ2v) is 6.65. The maximum Gasteiger partial charge on any atom is 0.265 e. The van der Waals surface area contributed by atoms with Gasteiger partial charge in [-0.2, -0.15) is 0 Å². The van der Waals surface area contributed by atoms with Gasteiger partial charge in [0, 0.05) is 29.9 Å². The van der Waals surface area contributed by atoms with Crippen molar-refractivity contribution in [3.8, 4) is 0 Å². The highest BCUT2D eigenvalue weighted by atomic mass is 35.5. The number of rotatable bonds is 6. The Morgan fingerprint density at radius 1 is 1.04 bits per heavy atom. The average Bonchev–Trinajstić information content (AvgIpc) is 2.87. The van der Waals surface area contributed by atoms with Crippen molar-refractivity contribution in [1.82, 2.24) is 4.90 Å². The largest absolute Gasteiger partial charge is 0.377 e. The van der Waals surface area contributed by atoms with E-state index in [1.807, 2.05) is 54.7 Å². The highest BCUT2D eigenvalue weighted by Gasteiger charge is 2.33. The number of fused-ring (bicyclic) bond motifs is 1. The lowest BCUT2D eigenvalue weighted by atomic mass is 10.1. The van der Waals surface area contributed by atoms with E-state index < -0.39 is 0 Å². The molecule has 130 valence electrons. The first-order valence-corrected chi connectivity index (χ1v) is 9.18. The number of anilines is 2. The molecule has 2 aromatic rings. The van der Waals surface area contributed by atoms with E-state index in [1.165, 1.54) is 0 Å². The van der Waals surface area contributed by atoms with Gasteiger partial charge >= 0.3 is 0 Å². The Morgan fingerprint density at radius 2 is 1.76 bits per heavy atom. The zero-order chi connectivity index (χ0) is 17.8. The Balaban J connectivity index is 2.06. The number of carbonyl (C=O) groups excluding carboxylic acids is 1. The molecule has 0 fully saturated rings. The molecule has 0 aromatic heterocycles. The lowest BCUT2D eigenvalue weighted by Gasteiger charge is -2.20. The predicted octanol–water partition coefficient (Wildman–Crippen LogP) is 5.48. The quantitative estimate of drug-likeness (QED) is 0.641. The second kappa shape index (κ2) is 7.75. The number of hydrogen-bond donors (Lipinski definition) is 0. The van der Waals surface area contributed by atoms with E-state index in [2.05, 4.69) is 18.7 Å². The van der Waals surface area contributed by atoms with Gasteiger partial charge in [0.1, 0.15) is 0 Å². The minimum atomic E-state index is 0.000623. The molecule has 1 heterocycles. The third-order valence-electron chi connectivity index (χ3n) is 4.27. The van der Waals surface area contributed by atoms with E-state index in [0.717, 1.165) is 48.4 Å². The lowest BCUT2D eigenvalue weighted by Crippen LogP contribution is -2.23. The van der Waals surface area contributed by atoms with Crippen LogP contribution in [0.1, 0.15) is 32.3 Å². The van der Waals surface area contributed by atoms with Gasteiger partial charge < -0.3 is 4.90 Å². The van der Waals surface area contributed by atoms with E-state index in [1.54, 1.807) is 4.90 Å². The molecule has 0 unspecified atom stereocenters. The first-order chi connectivity index (χ1) is 12.2. The Morgan fingerprint density at radius 3 is 2.44 bits per heavy atom. The molecule has 0 saturated carbocycles. The molecule has 0 atom stereocenters. The highest BCUT2D eigenvalue weighted by molar-refractivity contribution is 6.35. The van der Waals surface area contributed by atoms with Crippen molar-refractivity contribution in [1.29, 1.82) is 0 Å². The summed E-state index contributed by atoms with van der Waals surface area (Å²) in [5.74, 6) is 0.000623. The Hall–Kier alpha value is -2.26. The number of nitrogens with zero attached hydrogens (tertiary/aromatic N) is 2. The molecular formula is C21H23ClN2O. The van der Waals surface area contributed by atoms with Gasteiger partial charge in [-0.3, -0.25) is 9.69 Å². The summed E-state index contributed by atoms with van der Waals surface area (Å²) < 4.78 is 0. The van der Waals surface area contributed by atoms with Gasteiger partial charge in [-0.1, -0.05) is 49.7 Å². The maximum atomic E-state index is 13.2. The average molecular weight is 355 g/mol. The minimum absolute atomic E-state index is 0.000623. The topological polar surface area (TPSA) is 23.6 Å². The minimum Gasteiger partial charge on any atom is -0.377 e. The molecule has 25 heavy (non-hydrogen) atoms. The summed E-state index contributed by atoms with van der Waals surface area (Å²) in [6.07, 6.45) is 4.13. The summed E-state index contributed by atoms with van der Waals surface area (Å²) >= 11 is 6.14. The number of hydrogen-bond acceptors (Lipinski definition) is 2. The van der Waals surface area contributed by atoms with Crippen LogP contribution in [0.4, 0.5) is 11.4 Å². The zero-order valence-electron chi connectivity index (χ0n) is 14.7. The molecule has 0 bridgehead atoms. The van der Waals surface area contributed by atoms with Crippen LogP contribution in [-0.4, -0.2) is 23.9 Å². The molecule has 0 saturated heterocycles. The van der Waals surface area contributed by atoms with Crippen LogP contribution in [0.5, 0.6) is 0 Å². The zero-order valence-corrected chi connectivity index (χ0v) is 15.5. The van der Waals surface area contributed by atoms with Crippen LogP contribution in [0.25, 0.3) is 5.57 Å². The van der Waals surface area contributed by atoms with Crippen molar-refractivity contribution in [2.45, 2.75) is 26.7 Å². The van der Waals surface area contributed by atoms with E-state index in [0.29, 0.717) is 5.02 Å². The molecule has 3 rings (SSSR count). The summed E-state index contributed by atoms with van der Waals surface area (Å²) in [6, 6.07) is 15.4. The van der Waals surface area contributed by atoms with Gasteiger partial charge in [0.15, 0.2) is 0 Å². The van der Waals surface area contributed by atoms with Gasteiger partial charge in [0.25, 0.3) is 5.91 Å². The Bertz CT molecular complexity index is 794. The third kappa shape index (κ3) is 3.57. The first kappa shape index (κ1) is 17.6. The van der Waals surface area contributed by atoms with E-state index in [4.69, 9.17) is 11.6 Å². The van der Waals surface area contributed by atoms with Crippen molar-refractivity contribution in [2.75, 3.05) is 18.0 Å². The number of carbonyl (C=O) groups is 1. The molecular weight excluding hydrogens is 332 g/mol. The number of halogens is 1.